The van der Waals surface area contributed by atoms with Crippen molar-refractivity contribution in [2.24, 2.45) is 0 Å². The molecular weight excluding hydrogens is 360 g/mol. The van der Waals surface area contributed by atoms with Crippen LogP contribution in [0.4, 0.5) is 5.69 Å². The Morgan fingerprint density at radius 2 is 1.83 bits per heavy atom. The summed E-state index contributed by atoms with van der Waals surface area (Å²) in [6.45, 7) is 6.71. The standard InChI is InChI=1S/C24H26N4O/c1-16-8-10-19(11-9-16)15-28-18(3)24(17(2)27-28)26-23(29)13-12-20-14-25-22-7-5-4-6-21(20)22/h4-11,14,25H,12-13,15H2,1-3H3,(H,26,29). The third-order valence-corrected chi connectivity index (χ3v) is 5.40. The average molecular weight is 386 g/mol. The number of nitrogens with one attached hydrogen (secondary N) is 2. The van der Waals surface area contributed by atoms with Crippen LogP contribution in [0.15, 0.2) is 54.7 Å². The van der Waals surface area contributed by atoms with Gasteiger partial charge in [-0.25, -0.2) is 0 Å². The van der Waals surface area contributed by atoms with Crippen molar-refractivity contribution in [3.05, 3.63) is 82.8 Å². The summed E-state index contributed by atoms with van der Waals surface area (Å²) in [7, 11) is 0. The van der Waals surface area contributed by atoms with Gasteiger partial charge in [0.2, 0.25) is 5.91 Å². The summed E-state index contributed by atoms with van der Waals surface area (Å²) in [5.41, 5.74) is 7.34. The van der Waals surface area contributed by atoms with Gasteiger partial charge in [0.1, 0.15) is 0 Å². The molecule has 0 aliphatic rings. The number of hydrogen-bond acceptors (Lipinski definition) is 2. The van der Waals surface area contributed by atoms with Gasteiger partial charge in [-0.05, 0) is 44.4 Å². The van der Waals surface area contributed by atoms with Crippen molar-refractivity contribution in [3.63, 3.8) is 0 Å². The molecule has 2 N–H and O–H groups in total. The van der Waals surface area contributed by atoms with E-state index in [0.29, 0.717) is 19.4 Å². The predicted molar refractivity (Wildman–Crippen MR) is 117 cm³/mol. The summed E-state index contributed by atoms with van der Waals surface area (Å²) in [6, 6.07) is 16.6. The summed E-state index contributed by atoms with van der Waals surface area (Å²) >= 11 is 0. The topological polar surface area (TPSA) is 62.7 Å². The Morgan fingerprint density at radius 3 is 2.62 bits per heavy atom. The summed E-state index contributed by atoms with van der Waals surface area (Å²) in [6.07, 6.45) is 3.13. The molecule has 29 heavy (non-hydrogen) atoms. The van der Waals surface area contributed by atoms with Crippen molar-refractivity contribution in [1.82, 2.24) is 14.8 Å². The SMILES string of the molecule is Cc1ccc(Cn2nc(C)c(NC(=O)CCc3c[nH]c4ccccc34)c2C)cc1. The Kier molecular flexibility index (Phi) is 5.21. The van der Waals surface area contributed by atoms with Crippen LogP contribution in [0.25, 0.3) is 10.9 Å². The van der Waals surface area contributed by atoms with E-state index in [4.69, 9.17) is 0 Å². The van der Waals surface area contributed by atoms with Crippen LogP contribution in [0.2, 0.25) is 0 Å². The molecule has 1 amide bonds. The minimum absolute atomic E-state index is 0.0105. The van der Waals surface area contributed by atoms with E-state index in [2.05, 4.69) is 52.7 Å². The number of amides is 1. The minimum atomic E-state index is 0.0105. The zero-order valence-corrected chi connectivity index (χ0v) is 17.1. The van der Waals surface area contributed by atoms with E-state index < -0.39 is 0 Å². The largest absolute Gasteiger partial charge is 0.361 e. The number of fused-ring (bicyclic) bond motifs is 1. The normalized spacial score (nSPS) is 11.1. The second-order valence-electron chi connectivity index (χ2n) is 7.60. The third-order valence-electron chi connectivity index (χ3n) is 5.40. The van der Waals surface area contributed by atoms with Gasteiger partial charge in [-0.15, -0.1) is 0 Å². The first-order valence-electron chi connectivity index (χ1n) is 9.95. The summed E-state index contributed by atoms with van der Waals surface area (Å²) in [4.78, 5) is 15.9. The average Bonchev–Trinajstić information content (AvgIpc) is 3.24. The van der Waals surface area contributed by atoms with Gasteiger partial charge in [0.25, 0.3) is 0 Å². The zero-order valence-electron chi connectivity index (χ0n) is 17.1. The van der Waals surface area contributed by atoms with Crippen LogP contribution in [0, 0.1) is 20.8 Å². The lowest BCUT2D eigenvalue weighted by Gasteiger charge is -2.08. The maximum atomic E-state index is 12.6. The molecule has 5 nitrogen and oxygen atoms in total. The molecule has 0 saturated heterocycles. The number of aromatic nitrogens is 3. The fourth-order valence-electron chi connectivity index (χ4n) is 3.69. The molecule has 0 aliphatic carbocycles. The Hall–Kier alpha value is -3.34. The molecule has 2 aromatic heterocycles. The molecule has 2 aromatic carbocycles. The van der Waals surface area contributed by atoms with Crippen LogP contribution in [0.3, 0.4) is 0 Å². The molecule has 5 heteroatoms. The van der Waals surface area contributed by atoms with Gasteiger partial charge in [0, 0.05) is 23.5 Å². The molecule has 0 fully saturated rings. The molecule has 0 saturated carbocycles. The number of aromatic amines is 1. The monoisotopic (exact) mass is 386 g/mol. The van der Waals surface area contributed by atoms with Crippen LogP contribution >= 0.6 is 0 Å². The highest BCUT2D eigenvalue weighted by atomic mass is 16.1. The Bertz CT molecular complexity index is 1150. The summed E-state index contributed by atoms with van der Waals surface area (Å²) < 4.78 is 1.95. The molecule has 4 aromatic rings. The smallest absolute Gasteiger partial charge is 0.224 e. The molecule has 0 atom stereocenters. The number of nitrogens with zero attached hydrogens (tertiary/aromatic N) is 2. The Morgan fingerprint density at radius 1 is 1.07 bits per heavy atom. The highest BCUT2D eigenvalue weighted by Gasteiger charge is 2.15. The number of benzene rings is 2. The maximum Gasteiger partial charge on any atom is 0.224 e. The lowest BCUT2D eigenvalue weighted by atomic mass is 10.1. The van der Waals surface area contributed by atoms with Crippen LogP contribution < -0.4 is 5.32 Å². The van der Waals surface area contributed by atoms with Crippen molar-refractivity contribution in [2.75, 3.05) is 5.32 Å². The van der Waals surface area contributed by atoms with Crippen molar-refractivity contribution in [3.8, 4) is 0 Å². The molecular formula is C24H26N4O. The first kappa shape index (κ1) is 19.0. The number of anilines is 1. The zero-order chi connectivity index (χ0) is 20.4. The van der Waals surface area contributed by atoms with E-state index in [0.717, 1.165) is 22.6 Å². The van der Waals surface area contributed by atoms with Crippen LogP contribution in [0.5, 0.6) is 0 Å². The quantitative estimate of drug-likeness (QED) is 0.495. The van der Waals surface area contributed by atoms with Gasteiger partial charge < -0.3 is 10.3 Å². The van der Waals surface area contributed by atoms with E-state index >= 15 is 0 Å². The van der Waals surface area contributed by atoms with Crippen LogP contribution in [-0.4, -0.2) is 20.7 Å². The molecule has 148 valence electrons. The Labute approximate surface area is 170 Å². The van der Waals surface area contributed by atoms with Gasteiger partial charge in [-0.2, -0.15) is 5.10 Å². The highest BCUT2D eigenvalue weighted by Crippen LogP contribution is 2.22. The lowest BCUT2D eigenvalue weighted by Crippen LogP contribution is -2.13. The number of hydrogen-bond donors (Lipinski definition) is 2. The van der Waals surface area contributed by atoms with Gasteiger partial charge in [-0.1, -0.05) is 48.0 Å². The highest BCUT2D eigenvalue weighted by molar-refractivity contribution is 5.92. The van der Waals surface area contributed by atoms with E-state index in [1.54, 1.807) is 0 Å². The molecule has 4 rings (SSSR count). The fourth-order valence-corrected chi connectivity index (χ4v) is 3.69. The van der Waals surface area contributed by atoms with Gasteiger partial charge in [-0.3, -0.25) is 9.48 Å². The van der Waals surface area contributed by atoms with Gasteiger partial charge >= 0.3 is 0 Å². The first-order valence-corrected chi connectivity index (χ1v) is 9.95. The second-order valence-corrected chi connectivity index (χ2v) is 7.60. The molecule has 2 heterocycles. The number of carbonyl (C=O) groups excluding carboxylic acids is 1. The van der Waals surface area contributed by atoms with Crippen molar-refractivity contribution < 1.29 is 4.79 Å². The lowest BCUT2D eigenvalue weighted by molar-refractivity contribution is -0.116. The van der Waals surface area contributed by atoms with Crippen LogP contribution in [-0.2, 0) is 17.8 Å². The molecule has 0 aliphatic heterocycles. The number of rotatable bonds is 6. The predicted octanol–water partition coefficient (Wildman–Crippen LogP) is 4.91. The second kappa shape index (κ2) is 7.95. The Balaban J connectivity index is 1.42. The number of H-pyrrole nitrogens is 1. The van der Waals surface area contributed by atoms with E-state index in [-0.39, 0.29) is 5.91 Å². The van der Waals surface area contributed by atoms with E-state index in [1.165, 1.54) is 22.1 Å². The fraction of sp³-hybridized carbons (Fsp3) is 0.250. The number of carbonyl (C=O) groups is 1. The van der Waals surface area contributed by atoms with Crippen LogP contribution in [0.1, 0.15) is 34.5 Å². The maximum absolute atomic E-state index is 12.6. The van der Waals surface area contributed by atoms with Gasteiger partial charge in [0.15, 0.2) is 0 Å². The molecule has 0 radical (unpaired) electrons. The van der Waals surface area contributed by atoms with Crippen molar-refractivity contribution >= 4 is 22.5 Å². The summed E-state index contributed by atoms with van der Waals surface area (Å²) in [5.74, 6) is 0.0105. The van der Waals surface area contributed by atoms with E-state index in [9.17, 15) is 4.79 Å². The summed E-state index contributed by atoms with van der Waals surface area (Å²) in [5, 5.41) is 8.88. The molecule has 0 unspecified atom stereocenters. The third kappa shape index (κ3) is 4.09. The molecule has 0 spiro atoms. The molecule has 0 bridgehead atoms. The van der Waals surface area contributed by atoms with Gasteiger partial charge in [0.05, 0.1) is 23.6 Å². The van der Waals surface area contributed by atoms with Crippen molar-refractivity contribution in [1.29, 1.82) is 0 Å². The minimum Gasteiger partial charge on any atom is -0.361 e. The number of para-hydroxylation sites is 1. The van der Waals surface area contributed by atoms with Crippen molar-refractivity contribution in [2.45, 2.75) is 40.2 Å². The number of aryl methyl sites for hydroxylation is 3. The van der Waals surface area contributed by atoms with E-state index in [1.807, 2.05) is 42.9 Å². The first-order chi connectivity index (χ1) is 14.0.